The van der Waals surface area contributed by atoms with Crippen molar-refractivity contribution < 1.29 is 15.0 Å². The van der Waals surface area contributed by atoms with Gasteiger partial charge in [-0.25, -0.2) is 0 Å². The Morgan fingerprint density at radius 3 is 2.39 bits per heavy atom. The van der Waals surface area contributed by atoms with Crippen LogP contribution in [0.15, 0.2) is 48.1 Å². The van der Waals surface area contributed by atoms with Crippen molar-refractivity contribution >= 4 is 11.5 Å². The second-order valence-electron chi connectivity index (χ2n) is 4.20. The summed E-state index contributed by atoms with van der Waals surface area (Å²) in [5.41, 5.74) is 9.84. The number of carbonyl (C=O) groups is 1. The fraction of sp³-hybridized carbons (Fsp3) is 0.154. The summed E-state index contributed by atoms with van der Waals surface area (Å²) in [7, 11) is 0. The third kappa shape index (κ3) is 1.95. The highest BCUT2D eigenvalue weighted by atomic mass is 16.3. The molecular formula is C13H14N2O3. The molecule has 5 nitrogen and oxygen atoms in total. The Kier molecular flexibility index (Phi) is 3.04. The Bertz CT molecular complexity index is 532. The molecular weight excluding hydrogens is 232 g/mol. The Hall–Kier alpha value is -1.95. The quantitative estimate of drug-likeness (QED) is 0.414. The largest absolute Gasteiger partial charge is 0.507 e. The molecule has 0 bridgehead atoms. The van der Waals surface area contributed by atoms with Crippen LogP contribution in [0.25, 0.3) is 5.76 Å². The van der Waals surface area contributed by atoms with Gasteiger partial charge in [0.1, 0.15) is 11.9 Å². The number of hydrogen-bond acceptors (Lipinski definition) is 5. The number of ketones is 1. The Morgan fingerprint density at radius 2 is 1.78 bits per heavy atom. The molecule has 5 heteroatoms. The summed E-state index contributed by atoms with van der Waals surface area (Å²) in [5, 5.41) is 20.0. The van der Waals surface area contributed by atoms with E-state index in [1.807, 2.05) is 0 Å². The van der Waals surface area contributed by atoms with Crippen LogP contribution in [0.3, 0.4) is 0 Å². The highest BCUT2D eigenvalue weighted by molar-refractivity contribution is 6.00. The second-order valence-corrected chi connectivity index (χ2v) is 4.20. The molecule has 0 fully saturated rings. The maximum absolute atomic E-state index is 11.4. The highest BCUT2D eigenvalue weighted by Gasteiger charge is 2.41. The van der Waals surface area contributed by atoms with Crippen molar-refractivity contribution in [3.05, 3.63) is 53.6 Å². The highest BCUT2D eigenvalue weighted by Crippen LogP contribution is 2.26. The number of carbonyl (C=O) groups excluding carboxylic acids is 1. The van der Waals surface area contributed by atoms with Crippen LogP contribution in [-0.2, 0) is 4.79 Å². The van der Waals surface area contributed by atoms with Gasteiger partial charge in [0.25, 0.3) is 0 Å². The lowest BCUT2D eigenvalue weighted by Gasteiger charge is -2.31. The topological polar surface area (TPSA) is 110 Å². The van der Waals surface area contributed by atoms with E-state index in [1.54, 1.807) is 30.3 Å². The molecule has 2 rings (SSSR count). The van der Waals surface area contributed by atoms with Crippen molar-refractivity contribution in [3.8, 4) is 0 Å². The Labute approximate surface area is 104 Å². The Balaban J connectivity index is 2.51. The van der Waals surface area contributed by atoms with E-state index in [-0.39, 0.29) is 11.3 Å². The van der Waals surface area contributed by atoms with E-state index in [0.717, 1.165) is 6.08 Å². The van der Waals surface area contributed by atoms with Crippen molar-refractivity contribution in [1.29, 1.82) is 0 Å². The van der Waals surface area contributed by atoms with Crippen LogP contribution in [0.2, 0.25) is 0 Å². The first-order valence-electron chi connectivity index (χ1n) is 5.41. The molecule has 1 unspecified atom stereocenters. The molecule has 18 heavy (non-hydrogen) atoms. The molecule has 0 heterocycles. The van der Waals surface area contributed by atoms with Crippen molar-refractivity contribution in [2.24, 2.45) is 11.5 Å². The van der Waals surface area contributed by atoms with Gasteiger partial charge in [0, 0.05) is 11.1 Å². The maximum Gasteiger partial charge on any atom is 0.192 e. The van der Waals surface area contributed by atoms with Gasteiger partial charge in [-0.05, 0) is 12.2 Å². The molecule has 1 aromatic rings. The summed E-state index contributed by atoms with van der Waals surface area (Å²) in [4.78, 5) is 11.4. The van der Waals surface area contributed by atoms with Crippen LogP contribution in [0.4, 0.5) is 0 Å². The molecule has 94 valence electrons. The van der Waals surface area contributed by atoms with Gasteiger partial charge in [-0.3, -0.25) is 4.79 Å². The van der Waals surface area contributed by atoms with Gasteiger partial charge in [-0.15, -0.1) is 0 Å². The molecule has 1 aromatic carbocycles. The number of nitrogens with two attached hydrogens (primary N) is 2. The van der Waals surface area contributed by atoms with Gasteiger partial charge in [-0.2, -0.15) is 0 Å². The lowest BCUT2D eigenvalue weighted by molar-refractivity contribution is -0.122. The van der Waals surface area contributed by atoms with Crippen LogP contribution < -0.4 is 11.5 Å². The van der Waals surface area contributed by atoms with Gasteiger partial charge in [0.05, 0.1) is 0 Å². The van der Waals surface area contributed by atoms with Crippen LogP contribution >= 0.6 is 0 Å². The first kappa shape index (κ1) is 12.5. The van der Waals surface area contributed by atoms with Gasteiger partial charge in [-0.1, -0.05) is 30.3 Å². The summed E-state index contributed by atoms with van der Waals surface area (Å²) in [6.07, 6.45) is 1.03. The first-order valence-corrected chi connectivity index (χ1v) is 5.41. The SMILES string of the molecule is NC1(N)C(=O)C=CC(=C(O)c2ccccc2)C1O. The predicted molar refractivity (Wildman–Crippen MR) is 67.3 cm³/mol. The molecule has 0 radical (unpaired) electrons. The number of hydrogen-bond donors (Lipinski definition) is 4. The Morgan fingerprint density at radius 1 is 1.17 bits per heavy atom. The average molecular weight is 246 g/mol. The fourth-order valence-electron chi connectivity index (χ4n) is 1.76. The van der Waals surface area contributed by atoms with Gasteiger partial charge >= 0.3 is 0 Å². The molecule has 0 saturated carbocycles. The second kappa shape index (κ2) is 4.38. The van der Waals surface area contributed by atoms with Crippen molar-refractivity contribution in [1.82, 2.24) is 0 Å². The minimum Gasteiger partial charge on any atom is -0.507 e. The van der Waals surface area contributed by atoms with Gasteiger partial charge in [0.15, 0.2) is 11.4 Å². The van der Waals surface area contributed by atoms with E-state index in [0.29, 0.717) is 5.56 Å². The summed E-state index contributed by atoms with van der Waals surface area (Å²) < 4.78 is 0. The zero-order chi connectivity index (χ0) is 13.3. The molecule has 0 aliphatic heterocycles. The molecule has 1 aliphatic carbocycles. The van der Waals surface area contributed by atoms with Crippen LogP contribution in [0.5, 0.6) is 0 Å². The molecule has 1 aliphatic rings. The van der Waals surface area contributed by atoms with Crippen LogP contribution in [0, 0.1) is 0 Å². The van der Waals surface area contributed by atoms with Crippen LogP contribution in [-0.4, -0.2) is 27.8 Å². The van der Waals surface area contributed by atoms with Crippen LogP contribution in [0.1, 0.15) is 5.56 Å². The van der Waals surface area contributed by atoms with Crippen molar-refractivity contribution in [2.45, 2.75) is 11.8 Å². The third-order valence-electron chi connectivity index (χ3n) is 2.91. The molecule has 0 amide bonds. The van der Waals surface area contributed by atoms with E-state index in [1.165, 1.54) is 6.08 Å². The summed E-state index contributed by atoms with van der Waals surface area (Å²) in [6, 6.07) is 8.64. The first-order chi connectivity index (χ1) is 8.44. The van der Waals surface area contributed by atoms with E-state index >= 15 is 0 Å². The zero-order valence-corrected chi connectivity index (χ0v) is 9.58. The lowest BCUT2D eigenvalue weighted by atomic mass is 9.86. The smallest absolute Gasteiger partial charge is 0.192 e. The number of benzene rings is 1. The standard InChI is InChI=1S/C13H14N2O3/c14-13(15)10(16)7-6-9(12(13)18)11(17)8-4-2-1-3-5-8/h1-7,12,17-18H,14-15H2. The average Bonchev–Trinajstić information content (AvgIpc) is 2.37. The van der Waals surface area contributed by atoms with E-state index in [4.69, 9.17) is 11.5 Å². The van der Waals surface area contributed by atoms with E-state index in [9.17, 15) is 15.0 Å². The number of aliphatic hydroxyl groups is 2. The van der Waals surface area contributed by atoms with E-state index in [2.05, 4.69) is 0 Å². The summed E-state index contributed by atoms with van der Waals surface area (Å²) in [5.74, 6) is -0.730. The number of aliphatic hydroxyl groups excluding tert-OH is 2. The minimum atomic E-state index is -1.91. The normalized spacial score (nSPS) is 25.1. The lowest BCUT2D eigenvalue weighted by Crippen LogP contribution is -2.65. The fourth-order valence-corrected chi connectivity index (χ4v) is 1.76. The molecule has 1 atom stereocenters. The van der Waals surface area contributed by atoms with E-state index < -0.39 is 17.6 Å². The predicted octanol–water partition coefficient (Wildman–Crippen LogP) is 0.0692. The number of rotatable bonds is 1. The minimum absolute atomic E-state index is 0.130. The van der Waals surface area contributed by atoms with Gasteiger partial charge < -0.3 is 21.7 Å². The maximum atomic E-state index is 11.4. The molecule has 0 aromatic heterocycles. The molecule has 0 spiro atoms. The summed E-state index contributed by atoms with van der Waals surface area (Å²) in [6.45, 7) is 0. The van der Waals surface area contributed by atoms with Gasteiger partial charge in [0.2, 0.25) is 0 Å². The monoisotopic (exact) mass is 246 g/mol. The third-order valence-corrected chi connectivity index (χ3v) is 2.91. The van der Waals surface area contributed by atoms with Crippen molar-refractivity contribution in [3.63, 3.8) is 0 Å². The molecule has 0 saturated heterocycles. The zero-order valence-electron chi connectivity index (χ0n) is 9.58. The molecule has 6 N–H and O–H groups in total. The van der Waals surface area contributed by atoms with Crippen molar-refractivity contribution in [2.75, 3.05) is 0 Å². The summed E-state index contributed by atoms with van der Waals surface area (Å²) >= 11 is 0.